The van der Waals surface area contributed by atoms with Crippen LogP contribution in [-0.2, 0) is 0 Å². The van der Waals surface area contributed by atoms with Gasteiger partial charge in [0.05, 0.1) is 6.10 Å². The molecule has 0 saturated heterocycles. The molecule has 16 heavy (non-hydrogen) atoms. The van der Waals surface area contributed by atoms with Gasteiger partial charge in [-0.1, -0.05) is 18.2 Å². The Kier molecular flexibility index (Phi) is 5.90. The first-order valence-electron chi connectivity index (χ1n) is 5.78. The molecule has 0 bridgehead atoms. The van der Waals surface area contributed by atoms with Crippen molar-refractivity contribution in [3.63, 3.8) is 0 Å². The smallest absolute Gasteiger partial charge is 0.119 e. The van der Waals surface area contributed by atoms with E-state index in [0.29, 0.717) is 12.6 Å². The molecule has 3 heteroatoms. The summed E-state index contributed by atoms with van der Waals surface area (Å²) < 4.78 is 5.54. The highest BCUT2D eigenvalue weighted by Gasteiger charge is 2.04. The first kappa shape index (κ1) is 13.0. The van der Waals surface area contributed by atoms with Gasteiger partial charge in [-0.15, -0.1) is 0 Å². The van der Waals surface area contributed by atoms with E-state index in [1.54, 1.807) is 6.92 Å². The van der Waals surface area contributed by atoms with Gasteiger partial charge in [0, 0.05) is 12.6 Å². The van der Waals surface area contributed by atoms with Crippen LogP contribution in [-0.4, -0.2) is 30.4 Å². The quantitative estimate of drug-likeness (QED) is 0.693. The summed E-state index contributed by atoms with van der Waals surface area (Å²) in [7, 11) is 0. The number of rotatable bonds is 7. The lowest BCUT2D eigenvalue weighted by molar-refractivity contribution is 0.169. The summed E-state index contributed by atoms with van der Waals surface area (Å²) in [4.78, 5) is 0. The molecule has 0 saturated carbocycles. The molecule has 0 aliphatic rings. The minimum Gasteiger partial charge on any atom is -0.492 e. The third kappa shape index (κ3) is 5.73. The van der Waals surface area contributed by atoms with E-state index in [4.69, 9.17) is 4.74 Å². The maximum Gasteiger partial charge on any atom is 0.119 e. The highest BCUT2D eigenvalue weighted by molar-refractivity contribution is 5.20. The number of para-hydroxylation sites is 1. The second-order valence-electron chi connectivity index (χ2n) is 4.10. The third-order valence-corrected chi connectivity index (χ3v) is 2.30. The van der Waals surface area contributed by atoms with Gasteiger partial charge in [-0.05, 0) is 32.4 Å². The van der Waals surface area contributed by atoms with E-state index in [9.17, 15) is 5.11 Å². The Morgan fingerprint density at radius 3 is 2.56 bits per heavy atom. The van der Waals surface area contributed by atoms with E-state index >= 15 is 0 Å². The maximum atomic E-state index is 9.19. The van der Waals surface area contributed by atoms with Crippen molar-refractivity contribution in [1.82, 2.24) is 5.32 Å². The van der Waals surface area contributed by atoms with Crippen molar-refractivity contribution < 1.29 is 9.84 Å². The number of benzene rings is 1. The number of nitrogens with one attached hydrogen (secondary N) is 1. The molecule has 2 atom stereocenters. The zero-order chi connectivity index (χ0) is 11.8. The summed E-state index contributed by atoms with van der Waals surface area (Å²) in [5.74, 6) is 0.896. The molecule has 0 spiro atoms. The van der Waals surface area contributed by atoms with Crippen LogP contribution in [0.4, 0.5) is 0 Å². The van der Waals surface area contributed by atoms with E-state index in [-0.39, 0.29) is 6.10 Å². The molecule has 0 aliphatic heterocycles. The molecular weight excluding hydrogens is 202 g/mol. The van der Waals surface area contributed by atoms with Crippen molar-refractivity contribution in [3.05, 3.63) is 30.3 Å². The lowest BCUT2D eigenvalue weighted by Gasteiger charge is -2.15. The molecule has 0 radical (unpaired) electrons. The minimum absolute atomic E-state index is 0.252. The highest BCUT2D eigenvalue weighted by Crippen LogP contribution is 2.07. The SMILES string of the molecule is CC(O)CC(C)NCCOc1ccccc1. The standard InChI is InChI=1S/C13H21NO2/c1-11(10-12(2)15)14-8-9-16-13-6-4-3-5-7-13/h3-7,11-12,14-15H,8-10H2,1-2H3. The van der Waals surface area contributed by atoms with Crippen LogP contribution >= 0.6 is 0 Å². The molecule has 1 rings (SSSR count). The fraction of sp³-hybridized carbons (Fsp3) is 0.538. The van der Waals surface area contributed by atoms with Gasteiger partial charge < -0.3 is 15.2 Å². The van der Waals surface area contributed by atoms with Gasteiger partial charge in [0.25, 0.3) is 0 Å². The van der Waals surface area contributed by atoms with Crippen LogP contribution in [0, 0.1) is 0 Å². The van der Waals surface area contributed by atoms with Crippen molar-refractivity contribution in [3.8, 4) is 5.75 Å². The van der Waals surface area contributed by atoms with Gasteiger partial charge in [-0.2, -0.15) is 0 Å². The van der Waals surface area contributed by atoms with Gasteiger partial charge in [0.2, 0.25) is 0 Å². The van der Waals surface area contributed by atoms with Crippen molar-refractivity contribution >= 4 is 0 Å². The van der Waals surface area contributed by atoms with Crippen molar-refractivity contribution in [2.75, 3.05) is 13.2 Å². The van der Waals surface area contributed by atoms with E-state index < -0.39 is 0 Å². The van der Waals surface area contributed by atoms with Crippen molar-refractivity contribution in [1.29, 1.82) is 0 Å². The van der Waals surface area contributed by atoms with Crippen LogP contribution in [0.1, 0.15) is 20.3 Å². The summed E-state index contributed by atoms with van der Waals surface area (Å²) in [6, 6.07) is 10.1. The number of aliphatic hydroxyl groups excluding tert-OH is 1. The Bertz CT molecular complexity index is 275. The monoisotopic (exact) mass is 223 g/mol. The largest absolute Gasteiger partial charge is 0.492 e. The minimum atomic E-state index is -0.252. The number of hydrogen-bond acceptors (Lipinski definition) is 3. The van der Waals surface area contributed by atoms with E-state index in [1.165, 1.54) is 0 Å². The van der Waals surface area contributed by atoms with Crippen molar-refractivity contribution in [2.24, 2.45) is 0 Å². The van der Waals surface area contributed by atoms with Crippen LogP contribution < -0.4 is 10.1 Å². The van der Waals surface area contributed by atoms with Crippen LogP contribution in [0.15, 0.2) is 30.3 Å². The lowest BCUT2D eigenvalue weighted by Crippen LogP contribution is -2.32. The van der Waals surface area contributed by atoms with Gasteiger partial charge in [0.15, 0.2) is 0 Å². The second kappa shape index (κ2) is 7.25. The third-order valence-electron chi connectivity index (χ3n) is 2.30. The van der Waals surface area contributed by atoms with E-state index in [2.05, 4.69) is 12.2 Å². The molecule has 1 aromatic rings. The van der Waals surface area contributed by atoms with Gasteiger partial charge in [-0.3, -0.25) is 0 Å². The Morgan fingerprint density at radius 2 is 1.94 bits per heavy atom. The molecule has 2 unspecified atom stereocenters. The molecule has 0 fully saturated rings. The first-order valence-corrected chi connectivity index (χ1v) is 5.78. The molecule has 90 valence electrons. The maximum absolute atomic E-state index is 9.19. The number of hydrogen-bond donors (Lipinski definition) is 2. The van der Waals surface area contributed by atoms with Gasteiger partial charge in [0.1, 0.15) is 12.4 Å². The topological polar surface area (TPSA) is 41.5 Å². The molecule has 0 aromatic heterocycles. The zero-order valence-corrected chi connectivity index (χ0v) is 10.0. The normalized spacial score (nSPS) is 14.4. The van der Waals surface area contributed by atoms with Gasteiger partial charge in [-0.25, -0.2) is 0 Å². The summed E-state index contributed by atoms with van der Waals surface area (Å²) >= 11 is 0. The molecule has 1 aromatic carbocycles. The second-order valence-corrected chi connectivity index (χ2v) is 4.10. The predicted molar refractivity (Wildman–Crippen MR) is 65.7 cm³/mol. The molecule has 0 heterocycles. The fourth-order valence-corrected chi connectivity index (χ4v) is 1.59. The molecular formula is C13H21NO2. The van der Waals surface area contributed by atoms with Crippen LogP contribution in [0.3, 0.4) is 0 Å². The van der Waals surface area contributed by atoms with Crippen LogP contribution in [0.25, 0.3) is 0 Å². The summed E-state index contributed by atoms with van der Waals surface area (Å²) in [5.41, 5.74) is 0. The fourth-order valence-electron chi connectivity index (χ4n) is 1.59. The highest BCUT2D eigenvalue weighted by atomic mass is 16.5. The van der Waals surface area contributed by atoms with Crippen LogP contribution in [0.2, 0.25) is 0 Å². The number of ether oxygens (including phenoxy) is 1. The molecule has 0 aliphatic carbocycles. The summed E-state index contributed by atoms with van der Waals surface area (Å²) in [6.07, 6.45) is 0.517. The molecule has 3 nitrogen and oxygen atoms in total. The number of aliphatic hydroxyl groups is 1. The van der Waals surface area contributed by atoms with Crippen molar-refractivity contribution in [2.45, 2.75) is 32.4 Å². The summed E-state index contributed by atoms with van der Waals surface area (Å²) in [6.45, 7) is 5.31. The van der Waals surface area contributed by atoms with E-state index in [0.717, 1.165) is 18.7 Å². The Labute approximate surface area is 97.4 Å². The Hall–Kier alpha value is -1.06. The Balaban J connectivity index is 2.08. The van der Waals surface area contributed by atoms with E-state index in [1.807, 2.05) is 30.3 Å². The van der Waals surface area contributed by atoms with Crippen LogP contribution in [0.5, 0.6) is 5.75 Å². The Morgan fingerprint density at radius 1 is 1.25 bits per heavy atom. The average Bonchev–Trinajstić information content (AvgIpc) is 2.25. The predicted octanol–water partition coefficient (Wildman–Crippen LogP) is 1.81. The lowest BCUT2D eigenvalue weighted by atomic mass is 10.1. The molecule has 0 amide bonds. The zero-order valence-electron chi connectivity index (χ0n) is 10.0. The first-order chi connectivity index (χ1) is 7.68. The summed E-state index contributed by atoms with van der Waals surface area (Å²) in [5, 5.41) is 12.5. The average molecular weight is 223 g/mol. The molecule has 2 N–H and O–H groups in total. The van der Waals surface area contributed by atoms with Gasteiger partial charge >= 0.3 is 0 Å².